The SMILES string of the molecule is CC1(C)CCCC(O)(Cc2ccsc2)C1. The van der Waals surface area contributed by atoms with Gasteiger partial charge in [0.05, 0.1) is 5.60 Å². The van der Waals surface area contributed by atoms with Crippen LogP contribution in [0.5, 0.6) is 0 Å². The quantitative estimate of drug-likeness (QED) is 0.813. The molecular weight excluding hydrogens is 204 g/mol. The van der Waals surface area contributed by atoms with Crippen molar-refractivity contribution in [1.82, 2.24) is 0 Å². The van der Waals surface area contributed by atoms with Gasteiger partial charge in [-0.1, -0.05) is 20.3 Å². The van der Waals surface area contributed by atoms with E-state index < -0.39 is 5.60 Å². The summed E-state index contributed by atoms with van der Waals surface area (Å²) in [6.45, 7) is 4.54. The number of thiophene rings is 1. The van der Waals surface area contributed by atoms with Gasteiger partial charge in [0.15, 0.2) is 0 Å². The van der Waals surface area contributed by atoms with E-state index in [1.807, 2.05) is 0 Å². The summed E-state index contributed by atoms with van der Waals surface area (Å²) in [5.74, 6) is 0. The standard InChI is InChI=1S/C13H20OS/c1-12(2)5-3-6-13(14,10-12)8-11-4-7-15-9-11/h4,7,9,14H,3,5-6,8,10H2,1-2H3. The third kappa shape index (κ3) is 2.82. The van der Waals surface area contributed by atoms with E-state index in [-0.39, 0.29) is 0 Å². The van der Waals surface area contributed by atoms with E-state index in [9.17, 15) is 5.11 Å². The molecule has 0 aromatic carbocycles. The van der Waals surface area contributed by atoms with E-state index in [2.05, 4.69) is 30.7 Å². The summed E-state index contributed by atoms with van der Waals surface area (Å²) in [7, 11) is 0. The van der Waals surface area contributed by atoms with Crippen LogP contribution in [0.1, 0.15) is 45.1 Å². The summed E-state index contributed by atoms with van der Waals surface area (Å²) in [5, 5.41) is 14.8. The summed E-state index contributed by atoms with van der Waals surface area (Å²) in [5.41, 5.74) is 1.14. The van der Waals surface area contributed by atoms with Gasteiger partial charge in [-0.2, -0.15) is 11.3 Å². The molecule has 1 fully saturated rings. The number of hydrogen-bond donors (Lipinski definition) is 1. The van der Waals surface area contributed by atoms with Crippen molar-refractivity contribution in [1.29, 1.82) is 0 Å². The lowest BCUT2D eigenvalue weighted by Crippen LogP contribution is -2.40. The van der Waals surface area contributed by atoms with Gasteiger partial charge < -0.3 is 5.11 Å². The summed E-state index contributed by atoms with van der Waals surface area (Å²) < 4.78 is 0. The maximum Gasteiger partial charge on any atom is 0.0693 e. The van der Waals surface area contributed by atoms with Gasteiger partial charge >= 0.3 is 0 Å². The van der Waals surface area contributed by atoms with E-state index in [4.69, 9.17) is 0 Å². The van der Waals surface area contributed by atoms with Crippen LogP contribution in [0.2, 0.25) is 0 Å². The Labute approximate surface area is 96.1 Å². The van der Waals surface area contributed by atoms with Crippen LogP contribution in [0.25, 0.3) is 0 Å². The third-order valence-corrected chi connectivity index (χ3v) is 4.15. The van der Waals surface area contributed by atoms with Crippen molar-refractivity contribution in [2.45, 2.75) is 51.6 Å². The Morgan fingerprint density at radius 2 is 2.20 bits per heavy atom. The molecule has 1 aromatic rings. The zero-order chi connectivity index (χ0) is 10.9. The largest absolute Gasteiger partial charge is 0.390 e. The smallest absolute Gasteiger partial charge is 0.0693 e. The Hall–Kier alpha value is -0.340. The van der Waals surface area contributed by atoms with Gasteiger partial charge in [-0.25, -0.2) is 0 Å². The Bertz CT molecular complexity index is 315. The molecule has 1 saturated carbocycles. The summed E-state index contributed by atoms with van der Waals surface area (Å²) in [6.07, 6.45) is 5.15. The first-order chi connectivity index (χ1) is 6.99. The lowest BCUT2D eigenvalue weighted by atomic mass is 9.68. The predicted molar refractivity (Wildman–Crippen MR) is 65.2 cm³/mol. The fourth-order valence-electron chi connectivity index (χ4n) is 2.89. The van der Waals surface area contributed by atoms with Crippen LogP contribution in [-0.4, -0.2) is 10.7 Å². The van der Waals surface area contributed by atoms with Gasteiger partial charge in [-0.05, 0) is 47.1 Å². The van der Waals surface area contributed by atoms with Gasteiger partial charge in [-0.3, -0.25) is 0 Å². The maximum atomic E-state index is 10.6. The topological polar surface area (TPSA) is 20.2 Å². The molecule has 0 radical (unpaired) electrons. The second-order valence-electron chi connectivity index (χ2n) is 5.73. The molecule has 1 aliphatic rings. The molecule has 0 spiro atoms. The molecule has 1 N–H and O–H groups in total. The highest BCUT2D eigenvalue weighted by Crippen LogP contribution is 2.42. The number of aliphatic hydroxyl groups is 1. The Balaban J connectivity index is 2.06. The van der Waals surface area contributed by atoms with Gasteiger partial charge in [0.25, 0.3) is 0 Å². The van der Waals surface area contributed by atoms with Crippen molar-refractivity contribution >= 4 is 11.3 Å². The number of rotatable bonds is 2. The van der Waals surface area contributed by atoms with Crippen LogP contribution in [0.3, 0.4) is 0 Å². The molecule has 2 heteroatoms. The molecule has 1 aromatic heterocycles. The van der Waals surface area contributed by atoms with E-state index in [0.29, 0.717) is 5.41 Å². The second kappa shape index (κ2) is 3.91. The van der Waals surface area contributed by atoms with Crippen LogP contribution in [-0.2, 0) is 6.42 Å². The number of hydrogen-bond acceptors (Lipinski definition) is 2. The first kappa shape index (κ1) is 11.2. The lowest BCUT2D eigenvalue weighted by molar-refractivity contribution is -0.0381. The first-order valence-corrected chi connectivity index (χ1v) is 6.67. The van der Waals surface area contributed by atoms with Crippen molar-refractivity contribution in [3.63, 3.8) is 0 Å². The molecule has 1 aliphatic carbocycles. The van der Waals surface area contributed by atoms with Gasteiger partial charge in [-0.15, -0.1) is 0 Å². The van der Waals surface area contributed by atoms with Crippen LogP contribution < -0.4 is 0 Å². The van der Waals surface area contributed by atoms with Crippen LogP contribution >= 0.6 is 11.3 Å². The molecular formula is C13H20OS. The minimum atomic E-state index is -0.456. The molecule has 0 bridgehead atoms. The molecule has 0 aliphatic heterocycles. The molecule has 1 unspecified atom stereocenters. The van der Waals surface area contributed by atoms with Crippen LogP contribution in [0.15, 0.2) is 16.8 Å². The molecule has 1 nitrogen and oxygen atoms in total. The van der Waals surface area contributed by atoms with Gasteiger partial charge in [0.2, 0.25) is 0 Å². The van der Waals surface area contributed by atoms with Crippen molar-refractivity contribution in [2.24, 2.45) is 5.41 Å². The van der Waals surface area contributed by atoms with E-state index in [0.717, 1.165) is 25.7 Å². The molecule has 1 atom stereocenters. The van der Waals surface area contributed by atoms with E-state index >= 15 is 0 Å². The Morgan fingerprint density at radius 3 is 2.80 bits per heavy atom. The zero-order valence-corrected chi connectivity index (χ0v) is 10.4. The fourth-order valence-corrected chi connectivity index (χ4v) is 3.56. The fraction of sp³-hybridized carbons (Fsp3) is 0.692. The van der Waals surface area contributed by atoms with Crippen molar-refractivity contribution in [3.8, 4) is 0 Å². The highest BCUT2D eigenvalue weighted by Gasteiger charge is 2.38. The average Bonchev–Trinajstić information content (AvgIpc) is 2.52. The Morgan fingerprint density at radius 1 is 1.40 bits per heavy atom. The maximum absolute atomic E-state index is 10.6. The molecule has 2 rings (SSSR count). The summed E-state index contributed by atoms with van der Waals surface area (Å²) >= 11 is 1.72. The molecule has 0 amide bonds. The van der Waals surface area contributed by atoms with Crippen LogP contribution in [0, 0.1) is 5.41 Å². The first-order valence-electron chi connectivity index (χ1n) is 5.73. The van der Waals surface area contributed by atoms with Crippen LogP contribution in [0.4, 0.5) is 0 Å². The van der Waals surface area contributed by atoms with Crippen molar-refractivity contribution in [3.05, 3.63) is 22.4 Å². The van der Waals surface area contributed by atoms with Crippen molar-refractivity contribution in [2.75, 3.05) is 0 Å². The van der Waals surface area contributed by atoms with Gasteiger partial charge in [0.1, 0.15) is 0 Å². The summed E-state index contributed by atoms with van der Waals surface area (Å²) in [4.78, 5) is 0. The summed E-state index contributed by atoms with van der Waals surface area (Å²) in [6, 6.07) is 2.13. The average molecular weight is 224 g/mol. The monoisotopic (exact) mass is 224 g/mol. The zero-order valence-electron chi connectivity index (χ0n) is 9.62. The second-order valence-corrected chi connectivity index (χ2v) is 6.51. The molecule has 84 valence electrons. The predicted octanol–water partition coefficient (Wildman–Crippen LogP) is 3.62. The van der Waals surface area contributed by atoms with Crippen molar-refractivity contribution < 1.29 is 5.11 Å². The molecule has 0 saturated heterocycles. The normalized spacial score (nSPS) is 30.3. The van der Waals surface area contributed by atoms with Gasteiger partial charge in [0, 0.05) is 6.42 Å². The molecule has 15 heavy (non-hydrogen) atoms. The highest BCUT2D eigenvalue weighted by atomic mass is 32.1. The minimum Gasteiger partial charge on any atom is -0.390 e. The Kier molecular flexibility index (Phi) is 2.91. The minimum absolute atomic E-state index is 0.309. The lowest BCUT2D eigenvalue weighted by Gasteiger charge is -2.41. The van der Waals surface area contributed by atoms with E-state index in [1.54, 1.807) is 11.3 Å². The van der Waals surface area contributed by atoms with E-state index in [1.165, 1.54) is 12.0 Å². The molecule has 1 heterocycles. The highest BCUT2D eigenvalue weighted by molar-refractivity contribution is 7.07. The third-order valence-electron chi connectivity index (χ3n) is 3.42.